The number of rotatable bonds is 6. The molecule has 0 radical (unpaired) electrons. The number of H-pyrrole nitrogens is 1. The Hall–Kier alpha value is -3.46. The number of hydrogen-bond acceptors (Lipinski definition) is 6. The van der Waals surface area contributed by atoms with Crippen LogP contribution in [0.2, 0.25) is 0 Å². The Bertz CT molecular complexity index is 1410. The van der Waals surface area contributed by atoms with E-state index in [1.807, 2.05) is 30.8 Å². The molecule has 5 rings (SSSR count). The van der Waals surface area contributed by atoms with Crippen molar-refractivity contribution < 1.29 is 9.53 Å². The lowest BCUT2D eigenvalue weighted by molar-refractivity contribution is -0.132. The zero-order valence-corrected chi connectivity index (χ0v) is 22.0. The van der Waals surface area contributed by atoms with Gasteiger partial charge in [-0.05, 0) is 69.0 Å². The molecule has 1 aliphatic rings. The lowest BCUT2D eigenvalue weighted by Gasteiger charge is -2.33. The summed E-state index contributed by atoms with van der Waals surface area (Å²) in [6, 6.07) is 6.76. The number of hydrogen-bond donors (Lipinski definition) is 1. The van der Waals surface area contributed by atoms with Gasteiger partial charge in [-0.1, -0.05) is 19.9 Å². The highest BCUT2D eigenvalue weighted by molar-refractivity contribution is 5.92. The van der Waals surface area contributed by atoms with Gasteiger partial charge in [0.2, 0.25) is 11.6 Å². The van der Waals surface area contributed by atoms with E-state index in [-0.39, 0.29) is 11.8 Å². The number of likely N-dealkylation sites (N-methyl/N-ethyl adjacent to an activating group) is 1. The average molecular weight is 490 g/mol. The molecule has 1 aliphatic heterocycles. The van der Waals surface area contributed by atoms with E-state index in [9.17, 15) is 4.79 Å². The summed E-state index contributed by atoms with van der Waals surface area (Å²) in [7, 11) is 5.53. The standard InChI is InChI=1S/C27H35N7O2/c1-16(2)23-20-13-19(18-9-11-33(12-10-18)22(35)14-32(4)5)7-8-21(20)30-25(23)24-17(3)26(36-6)27-28-15-29-34(27)31-24/h7-8,13,15-16,18,30H,9-12,14H2,1-6H3. The average Bonchev–Trinajstić information content (AvgIpc) is 3.47. The summed E-state index contributed by atoms with van der Waals surface area (Å²) in [5.74, 6) is 1.63. The van der Waals surface area contributed by atoms with Crippen LogP contribution in [0.3, 0.4) is 0 Å². The highest BCUT2D eigenvalue weighted by Crippen LogP contribution is 2.40. The number of benzene rings is 1. The number of amides is 1. The number of methoxy groups -OCH3 is 1. The Morgan fingerprint density at radius 3 is 2.67 bits per heavy atom. The Labute approximate surface area is 211 Å². The van der Waals surface area contributed by atoms with Crippen molar-refractivity contribution in [1.82, 2.24) is 34.6 Å². The highest BCUT2D eigenvalue weighted by atomic mass is 16.5. The lowest BCUT2D eigenvalue weighted by atomic mass is 9.87. The third-order valence-corrected chi connectivity index (χ3v) is 7.28. The molecule has 0 unspecified atom stereocenters. The van der Waals surface area contributed by atoms with Crippen LogP contribution in [0.1, 0.15) is 55.2 Å². The number of fused-ring (bicyclic) bond motifs is 2. The molecule has 9 nitrogen and oxygen atoms in total. The van der Waals surface area contributed by atoms with E-state index < -0.39 is 0 Å². The monoisotopic (exact) mass is 489 g/mol. The fourth-order valence-electron chi connectivity index (χ4n) is 5.49. The van der Waals surface area contributed by atoms with Gasteiger partial charge in [0.15, 0.2) is 5.75 Å². The summed E-state index contributed by atoms with van der Waals surface area (Å²) >= 11 is 0. The van der Waals surface area contributed by atoms with E-state index in [1.54, 1.807) is 7.11 Å². The fourth-order valence-corrected chi connectivity index (χ4v) is 5.49. The van der Waals surface area contributed by atoms with Crippen molar-refractivity contribution in [2.75, 3.05) is 40.8 Å². The number of nitrogens with zero attached hydrogens (tertiary/aromatic N) is 6. The third-order valence-electron chi connectivity index (χ3n) is 7.28. The van der Waals surface area contributed by atoms with Gasteiger partial charge in [-0.2, -0.15) is 0 Å². The van der Waals surface area contributed by atoms with Crippen LogP contribution in [0.5, 0.6) is 5.75 Å². The Morgan fingerprint density at radius 2 is 2.00 bits per heavy atom. The number of carbonyl (C=O) groups is 1. The molecular formula is C27H35N7O2. The van der Waals surface area contributed by atoms with Crippen molar-refractivity contribution >= 4 is 22.5 Å². The molecule has 4 heterocycles. The summed E-state index contributed by atoms with van der Waals surface area (Å²) in [6.07, 6.45) is 3.47. The molecule has 190 valence electrons. The predicted octanol–water partition coefficient (Wildman–Crippen LogP) is 3.98. The SMILES string of the molecule is COc1c(C)c(-c2[nH]c3ccc(C4CCN(C(=O)CN(C)C)CC4)cc3c2C(C)C)nn2ncnc12. The molecule has 4 aromatic rings. The summed E-state index contributed by atoms with van der Waals surface area (Å²) < 4.78 is 7.23. The number of carbonyl (C=O) groups excluding carboxylic acids is 1. The number of aromatic nitrogens is 5. The minimum Gasteiger partial charge on any atom is -0.492 e. The van der Waals surface area contributed by atoms with Crippen LogP contribution in [0, 0.1) is 6.92 Å². The third kappa shape index (κ3) is 4.21. The molecule has 1 N–H and O–H groups in total. The van der Waals surface area contributed by atoms with Crippen LogP contribution in [0.25, 0.3) is 27.9 Å². The molecule has 0 saturated carbocycles. The topological polar surface area (TPSA) is 91.7 Å². The van der Waals surface area contributed by atoms with E-state index in [0.717, 1.165) is 48.4 Å². The van der Waals surface area contributed by atoms with Crippen LogP contribution < -0.4 is 4.74 Å². The highest BCUT2D eigenvalue weighted by Gasteiger charge is 2.26. The summed E-state index contributed by atoms with van der Waals surface area (Å²) in [6.45, 7) is 8.54. The largest absolute Gasteiger partial charge is 0.492 e. The maximum Gasteiger partial charge on any atom is 0.236 e. The maximum absolute atomic E-state index is 12.5. The summed E-state index contributed by atoms with van der Waals surface area (Å²) in [5.41, 5.74) is 7.02. The normalized spacial score (nSPS) is 15.1. The maximum atomic E-state index is 12.5. The minimum absolute atomic E-state index is 0.217. The van der Waals surface area contributed by atoms with Gasteiger partial charge in [0.05, 0.1) is 19.3 Å². The van der Waals surface area contributed by atoms with E-state index in [1.165, 1.54) is 27.5 Å². The van der Waals surface area contributed by atoms with Crippen molar-refractivity contribution in [2.24, 2.45) is 0 Å². The van der Waals surface area contributed by atoms with Gasteiger partial charge in [0.25, 0.3) is 0 Å². The van der Waals surface area contributed by atoms with Crippen LogP contribution in [-0.2, 0) is 4.79 Å². The first-order valence-corrected chi connectivity index (χ1v) is 12.6. The number of likely N-dealkylation sites (tertiary alicyclic amines) is 1. The summed E-state index contributed by atoms with van der Waals surface area (Å²) in [4.78, 5) is 24.4. The minimum atomic E-state index is 0.217. The van der Waals surface area contributed by atoms with Crippen molar-refractivity contribution in [2.45, 2.75) is 45.4 Å². The number of nitrogens with one attached hydrogen (secondary N) is 1. The Morgan fingerprint density at radius 1 is 1.25 bits per heavy atom. The molecule has 1 fully saturated rings. The van der Waals surface area contributed by atoms with Gasteiger partial charge < -0.3 is 19.5 Å². The van der Waals surface area contributed by atoms with Gasteiger partial charge in [0.1, 0.15) is 12.0 Å². The van der Waals surface area contributed by atoms with Crippen molar-refractivity contribution in [3.05, 3.63) is 41.2 Å². The molecule has 3 aromatic heterocycles. The molecule has 0 bridgehead atoms. The molecule has 9 heteroatoms. The molecule has 1 aromatic carbocycles. The molecule has 0 atom stereocenters. The smallest absolute Gasteiger partial charge is 0.236 e. The molecular weight excluding hydrogens is 454 g/mol. The first kappa shape index (κ1) is 24.2. The zero-order chi connectivity index (χ0) is 25.6. The molecule has 1 amide bonds. The van der Waals surface area contributed by atoms with Gasteiger partial charge in [-0.25, -0.2) is 4.98 Å². The van der Waals surface area contributed by atoms with Crippen LogP contribution in [-0.4, -0.2) is 81.3 Å². The Balaban J connectivity index is 1.51. The van der Waals surface area contributed by atoms with Gasteiger partial charge in [0, 0.05) is 29.6 Å². The summed E-state index contributed by atoms with van der Waals surface area (Å²) in [5, 5.41) is 10.3. The van der Waals surface area contributed by atoms with Gasteiger partial charge in [-0.15, -0.1) is 14.8 Å². The first-order chi connectivity index (χ1) is 17.3. The second-order valence-electron chi connectivity index (χ2n) is 10.3. The van der Waals surface area contributed by atoms with E-state index in [2.05, 4.69) is 47.1 Å². The molecule has 0 spiro atoms. The van der Waals surface area contributed by atoms with Crippen LogP contribution in [0.15, 0.2) is 24.5 Å². The quantitative estimate of drug-likeness (QED) is 0.441. The number of aromatic amines is 1. The van der Waals surface area contributed by atoms with Gasteiger partial charge in [-0.3, -0.25) is 4.79 Å². The fraction of sp³-hybridized carbons (Fsp3) is 0.481. The molecule has 36 heavy (non-hydrogen) atoms. The van der Waals surface area contributed by atoms with E-state index >= 15 is 0 Å². The second kappa shape index (κ2) is 9.54. The van der Waals surface area contributed by atoms with Gasteiger partial charge >= 0.3 is 0 Å². The van der Waals surface area contributed by atoms with Crippen molar-refractivity contribution in [1.29, 1.82) is 0 Å². The number of piperidine rings is 1. The van der Waals surface area contributed by atoms with Crippen LogP contribution >= 0.6 is 0 Å². The first-order valence-electron chi connectivity index (χ1n) is 12.6. The van der Waals surface area contributed by atoms with Crippen LogP contribution in [0.4, 0.5) is 0 Å². The lowest BCUT2D eigenvalue weighted by Crippen LogP contribution is -2.42. The predicted molar refractivity (Wildman–Crippen MR) is 141 cm³/mol. The zero-order valence-electron chi connectivity index (χ0n) is 22.0. The molecule has 1 saturated heterocycles. The van der Waals surface area contributed by atoms with Crippen molar-refractivity contribution in [3.63, 3.8) is 0 Å². The Kier molecular flexibility index (Phi) is 6.42. The van der Waals surface area contributed by atoms with E-state index in [0.29, 0.717) is 23.9 Å². The van der Waals surface area contributed by atoms with Crippen molar-refractivity contribution in [3.8, 4) is 17.1 Å². The molecule has 0 aliphatic carbocycles. The number of ether oxygens (including phenoxy) is 1. The van der Waals surface area contributed by atoms with E-state index in [4.69, 9.17) is 9.84 Å². The second-order valence-corrected chi connectivity index (χ2v) is 10.3.